The van der Waals surface area contributed by atoms with Crippen LogP contribution in [0.25, 0.3) is 0 Å². The van der Waals surface area contributed by atoms with Gasteiger partial charge in [-0.25, -0.2) is 5.01 Å². The van der Waals surface area contributed by atoms with Crippen LogP contribution in [0.3, 0.4) is 0 Å². The topological polar surface area (TPSA) is 66.0 Å². The lowest BCUT2D eigenvalue weighted by atomic mass is 10.8. The highest BCUT2D eigenvalue weighted by Gasteiger charge is 2.02. The average molecular weight is 203 g/mol. The summed E-state index contributed by atoms with van der Waals surface area (Å²) in [7, 11) is 5.37. The second-order valence-corrected chi connectivity index (χ2v) is 2.85. The average Bonchev–Trinajstić information content (AvgIpc) is 2.01. The molecule has 6 nitrogen and oxygen atoms in total. The van der Waals surface area contributed by atoms with Gasteiger partial charge in [-0.05, 0) is 11.6 Å². The Morgan fingerprint density at radius 1 is 1.15 bits per heavy atom. The largest absolute Gasteiger partial charge is 0.357 e. The zero-order valence-electron chi connectivity index (χ0n) is 7.67. The van der Waals surface area contributed by atoms with E-state index in [2.05, 4.69) is 25.7 Å². The van der Waals surface area contributed by atoms with Crippen LogP contribution in [-0.2, 0) is 0 Å². The van der Waals surface area contributed by atoms with Crippen molar-refractivity contribution >= 4 is 23.5 Å². The summed E-state index contributed by atoms with van der Waals surface area (Å²) < 4.78 is 0. The summed E-state index contributed by atoms with van der Waals surface area (Å²) in [5, 5.41) is 4.65. The van der Waals surface area contributed by atoms with Crippen molar-refractivity contribution in [3.8, 4) is 0 Å². The van der Waals surface area contributed by atoms with Gasteiger partial charge in [-0.15, -0.1) is 0 Å². The number of anilines is 2. The van der Waals surface area contributed by atoms with Crippen LogP contribution in [0.4, 0.5) is 11.9 Å². The molecule has 0 unspecified atom stereocenters. The van der Waals surface area contributed by atoms with E-state index < -0.39 is 0 Å². The molecule has 72 valence electrons. The lowest BCUT2D eigenvalue weighted by molar-refractivity contribution is 0.488. The fourth-order valence-corrected chi connectivity index (χ4v) is 0.872. The molecule has 0 aliphatic heterocycles. The van der Waals surface area contributed by atoms with Gasteiger partial charge in [0.25, 0.3) is 0 Å². The monoisotopic (exact) mass is 202 g/mol. The van der Waals surface area contributed by atoms with Gasteiger partial charge < -0.3 is 5.32 Å². The minimum Gasteiger partial charge on any atom is -0.357 e. The minimum absolute atomic E-state index is 0.156. The van der Waals surface area contributed by atoms with Gasteiger partial charge in [0, 0.05) is 21.1 Å². The summed E-state index contributed by atoms with van der Waals surface area (Å²) in [5.41, 5.74) is 2.87. The maximum atomic E-state index is 5.65. The van der Waals surface area contributed by atoms with E-state index in [9.17, 15) is 0 Å². The van der Waals surface area contributed by atoms with Crippen molar-refractivity contribution in [1.82, 2.24) is 20.0 Å². The first kappa shape index (κ1) is 9.94. The van der Waals surface area contributed by atoms with Crippen molar-refractivity contribution in [2.75, 3.05) is 31.9 Å². The van der Waals surface area contributed by atoms with E-state index in [-0.39, 0.29) is 5.28 Å². The molecular weight excluding hydrogens is 192 g/mol. The zero-order chi connectivity index (χ0) is 9.84. The standard InChI is InChI=1S/C6H11ClN6/c1-8-5-9-4(7)10-6(11-5)12-13(2)3/h1-3H3,(H2,8,9,10,11,12). The molecule has 13 heavy (non-hydrogen) atoms. The molecule has 2 N–H and O–H groups in total. The molecule has 0 amide bonds. The summed E-state index contributed by atoms with van der Waals surface area (Å²) in [6.07, 6.45) is 0. The fourth-order valence-electron chi connectivity index (χ4n) is 0.712. The molecule has 0 aliphatic carbocycles. The van der Waals surface area contributed by atoms with Crippen molar-refractivity contribution in [2.45, 2.75) is 0 Å². The first-order valence-electron chi connectivity index (χ1n) is 3.65. The third-order valence-corrected chi connectivity index (χ3v) is 1.32. The van der Waals surface area contributed by atoms with E-state index in [4.69, 9.17) is 11.6 Å². The lowest BCUT2D eigenvalue weighted by Crippen LogP contribution is -2.21. The van der Waals surface area contributed by atoms with E-state index in [0.717, 1.165) is 0 Å². The molecule has 0 spiro atoms. The number of rotatable bonds is 3. The molecule has 0 fully saturated rings. The normalized spacial score (nSPS) is 10.2. The molecule has 0 saturated heterocycles. The van der Waals surface area contributed by atoms with Crippen molar-refractivity contribution in [3.05, 3.63) is 5.28 Å². The molecule has 0 atom stereocenters. The number of nitrogens with zero attached hydrogens (tertiary/aromatic N) is 4. The Balaban J connectivity index is 2.88. The second kappa shape index (κ2) is 4.20. The third-order valence-electron chi connectivity index (χ3n) is 1.16. The molecule has 0 aromatic carbocycles. The number of aromatic nitrogens is 3. The maximum Gasteiger partial charge on any atom is 0.243 e. The van der Waals surface area contributed by atoms with E-state index in [1.54, 1.807) is 12.1 Å². The SMILES string of the molecule is CNc1nc(Cl)nc(NN(C)C)n1. The predicted octanol–water partition coefficient (Wildman–Crippen LogP) is 0.455. The maximum absolute atomic E-state index is 5.65. The van der Waals surface area contributed by atoms with Gasteiger partial charge in [0.2, 0.25) is 17.2 Å². The Bertz CT molecular complexity index is 288. The van der Waals surface area contributed by atoms with Crippen LogP contribution < -0.4 is 10.7 Å². The lowest BCUT2D eigenvalue weighted by Gasteiger charge is -2.11. The van der Waals surface area contributed by atoms with Gasteiger partial charge in [0.1, 0.15) is 0 Å². The van der Waals surface area contributed by atoms with Crippen LogP contribution in [0.2, 0.25) is 5.28 Å². The molecule has 7 heteroatoms. The molecule has 1 heterocycles. The Kier molecular flexibility index (Phi) is 3.21. The van der Waals surface area contributed by atoms with Gasteiger partial charge in [0.15, 0.2) is 0 Å². The first-order valence-corrected chi connectivity index (χ1v) is 4.03. The number of nitrogens with one attached hydrogen (secondary N) is 2. The Morgan fingerprint density at radius 3 is 2.31 bits per heavy atom. The number of halogens is 1. The third kappa shape index (κ3) is 3.00. The van der Waals surface area contributed by atoms with Gasteiger partial charge in [-0.2, -0.15) is 15.0 Å². The van der Waals surface area contributed by atoms with Crippen LogP contribution in [0.1, 0.15) is 0 Å². The van der Waals surface area contributed by atoms with Gasteiger partial charge in [-0.3, -0.25) is 5.43 Å². The van der Waals surface area contributed by atoms with Gasteiger partial charge >= 0.3 is 0 Å². The van der Waals surface area contributed by atoms with Crippen LogP contribution in [0.15, 0.2) is 0 Å². The molecule has 0 saturated carbocycles. The first-order chi connectivity index (χ1) is 6.11. The molecule has 1 aromatic heterocycles. The highest BCUT2D eigenvalue weighted by Crippen LogP contribution is 2.08. The minimum atomic E-state index is 0.156. The Morgan fingerprint density at radius 2 is 1.77 bits per heavy atom. The number of hydrogen-bond acceptors (Lipinski definition) is 6. The van der Waals surface area contributed by atoms with Crippen molar-refractivity contribution < 1.29 is 0 Å². The van der Waals surface area contributed by atoms with Crippen LogP contribution in [0.5, 0.6) is 0 Å². The highest BCUT2D eigenvalue weighted by molar-refractivity contribution is 6.28. The van der Waals surface area contributed by atoms with Crippen LogP contribution in [0, 0.1) is 0 Å². The number of hydrogen-bond donors (Lipinski definition) is 2. The Hall–Kier alpha value is -1.14. The predicted molar refractivity (Wildman–Crippen MR) is 51.7 cm³/mol. The molecule has 1 rings (SSSR count). The summed E-state index contributed by atoms with van der Waals surface area (Å²) in [6, 6.07) is 0. The van der Waals surface area contributed by atoms with Crippen LogP contribution in [-0.4, -0.2) is 41.1 Å². The second-order valence-electron chi connectivity index (χ2n) is 2.51. The number of hydrazine groups is 1. The van der Waals surface area contributed by atoms with Gasteiger partial charge in [-0.1, -0.05) is 0 Å². The fraction of sp³-hybridized carbons (Fsp3) is 0.500. The van der Waals surface area contributed by atoms with Crippen molar-refractivity contribution in [1.29, 1.82) is 0 Å². The Labute approximate surface area is 81.3 Å². The van der Waals surface area contributed by atoms with Crippen LogP contribution >= 0.6 is 11.6 Å². The smallest absolute Gasteiger partial charge is 0.243 e. The zero-order valence-corrected chi connectivity index (χ0v) is 8.42. The summed E-state index contributed by atoms with van der Waals surface area (Å²) in [5.74, 6) is 0.846. The van der Waals surface area contributed by atoms with E-state index in [1.807, 2.05) is 14.1 Å². The molecule has 0 aliphatic rings. The van der Waals surface area contributed by atoms with Gasteiger partial charge in [0.05, 0.1) is 0 Å². The summed E-state index contributed by atoms with van der Waals surface area (Å²) in [6.45, 7) is 0. The quantitative estimate of drug-likeness (QED) is 0.695. The van der Waals surface area contributed by atoms with Crippen molar-refractivity contribution in [3.63, 3.8) is 0 Å². The van der Waals surface area contributed by atoms with Crippen molar-refractivity contribution in [2.24, 2.45) is 0 Å². The molecule has 0 radical (unpaired) electrons. The van der Waals surface area contributed by atoms with E-state index in [0.29, 0.717) is 11.9 Å². The molecular formula is C6H11ClN6. The molecule has 1 aromatic rings. The molecule has 0 bridgehead atoms. The van der Waals surface area contributed by atoms with E-state index >= 15 is 0 Å². The van der Waals surface area contributed by atoms with E-state index in [1.165, 1.54) is 0 Å². The highest BCUT2D eigenvalue weighted by atomic mass is 35.5. The summed E-state index contributed by atoms with van der Waals surface area (Å²) in [4.78, 5) is 11.7. The summed E-state index contributed by atoms with van der Waals surface area (Å²) >= 11 is 5.65.